The molecule has 1 saturated heterocycles. The van der Waals surface area contributed by atoms with Crippen LogP contribution in [0.25, 0.3) is 0 Å². The van der Waals surface area contributed by atoms with Crippen LogP contribution in [-0.2, 0) is 14.4 Å². The maximum atomic E-state index is 12.2. The summed E-state index contributed by atoms with van der Waals surface area (Å²) in [6, 6.07) is 7.96. The molecular formula is C17H23N3O3. The molecule has 0 bridgehead atoms. The number of likely N-dealkylation sites (tertiary alicyclic amines) is 1. The van der Waals surface area contributed by atoms with Crippen LogP contribution in [-0.4, -0.2) is 35.7 Å². The van der Waals surface area contributed by atoms with Crippen molar-refractivity contribution < 1.29 is 14.4 Å². The first-order valence-corrected chi connectivity index (χ1v) is 7.99. The van der Waals surface area contributed by atoms with E-state index in [1.807, 2.05) is 6.07 Å². The Labute approximate surface area is 136 Å². The van der Waals surface area contributed by atoms with E-state index >= 15 is 0 Å². The molecule has 1 aromatic rings. The molecule has 6 heteroatoms. The van der Waals surface area contributed by atoms with Crippen LogP contribution in [0.15, 0.2) is 30.3 Å². The zero-order valence-electron chi connectivity index (χ0n) is 13.2. The number of amides is 3. The van der Waals surface area contributed by atoms with Crippen molar-refractivity contribution in [3.63, 3.8) is 0 Å². The Morgan fingerprint density at radius 2 is 1.83 bits per heavy atom. The number of rotatable bonds is 5. The van der Waals surface area contributed by atoms with Gasteiger partial charge in [-0.05, 0) is 18.4 Å². The molecule has 1 heterocycles. The van der Waals surface area contributed by atoms with Crippen molar-refractivity contribution in [2.24, 2.45) is 5.73 Å². The minimum atomic E-state index is -0.881. The third kappa shape index (κ3) is 5.09. The number of nitrogens with two attached hydrogens (primary N) is 1. The zero-order valence-corrected chi connectivity index (χ0v) is 13.2. The number of benzene rings is 1. The highest BCUT2D eigenvalue weighted by Crippen LogP contribution is 2.13. The third-order valence-electron chi connectivity index (χ3n) is 3.98. The largest absolute Gasteiger partial charge is 0.368 e. The molecule has 23 heavy (non-hydrogen) atoms. The van der Waals surface area contributed by atoms with Gasteiger partial charge in [-0.2, -0.15) is 0 Å². The van der Waals surface area contributed by atoms with Crippen LogP contribution in [0, 0.1) is 0 Å². The van der Waals surface area contributed by atoms with Gasteiger partial charge in [0, 0.05) is 13.0 Å². The quantitative estimate of drug-likeness (QED) is 0.852. The van der Waals surface area contributed by atoms with Gasteiger partial charge >= 0.3 is 0 Å². The van der Waals surface area contributed by atoms with Gasteiger partial charge in [0.25, 0.3) is 0 Å². The minimum Gasteiger partial charge on any atom is -0.368 e. The molecule has 2 rings (SSSR count). The summed E-state index contributed by atoms with van der Waals surface area (Å²) < 4.78 is 0. The number of hydrogen-bond acceptors (Lipinski definition) is 3. The second kappa shape index (κ2) is 8.31. The van der Waals surface area contributed by atoms with Gasteiger partial charge in [-0.25, -0.2) is 0 Å². The Kier molecular flexibility index (Phi) is 6.14. The van der Waals surface area contributed by atoms with E-state index in [1.54, 1.807) is 29.2 Å². The number of nitrogens with zero attached hydrogens (tertiary/aromatic N) is 1. The summed E-state index contributed by atoms with van der Waals surface area (Å²) in [7, 11) is 0. The molecule has 6 nitrogen and oxygen atoms in total. The van der Waals surface area contributed by atoms with Gasteiger partial charge in [-0.15, -0.1) is 0 Å². The Bertz CT molecular complexity index is 559. The van der Waals surface area contributed by atoms with Crippen LogP contribution in [0.5, 0.6) is 0 Å². The van der Waals surface area contributed by atoms with Crippen molar-refractivity contribution in [2.75, 3.05) is 13.1 Å². The van der Waals surface area contributed by atoms with E-state index in [4.69, 9.17) is 5.73 Å². The fourth-order valence-corrected chi connectivity index (χ4v) is 2.73. The highest BCUT2D eigenvalue weighted by Gasteiger charge is 2.23. The maximum Gasteiger partial charge on any atom is 0.244 e. The number of primary amides is 1. The summed E-state index contributed by atoms with van der Waals surface area (Å²) in [5, 5.41) is 2.63. The standard InChI is InChI=1S/C17H23N3O3/c18-17(23)16(13-8-4-3-5-9-13)19-14(21)12-20-11-7-2-1-6-10-15(20)22/h3-5,8-9,16H,1-2,6-7,10-12H2,(H2,18,23)(H,19,21)/t16-/m0/s1. The Morgan fingerprint density at radius 3 is 2.52 bits per heavy atom. The first kappa shape index (κ1) is 17.0. The van der Waals surface area contributed by atoms with Gasteiger partial charge < -0.3 is 16.0 Å². The molecule has 1 aliphatic heterocycles. The van der Waals surface area contributed by atoms with Crippen molar-refractivity contribution in [1.29, 1.82) is 0 Å². The number of carbonyl (C=O) groups excluding carboxylic acids is 3. The molecule has 0 radical (unpaired) electrons. The van der Waals surface area contributed by atoms with E-state index in [-0.39, 0.29) is 18.4 Å². The smallest absolute Gasteiger partial charge is 0.244 e. The predicted octanol–water partition coefficient (Wildman–Crippen LogP) is 1.12. The van der Waals surface area contributed by atoms with Gasteiger partial charge in [0.05, 0.1) is 6.54 Å². The van der Waals surface area contributed by atoms with E-state index in [0.29, 0.717) is 18.5 Å². The highest BCUT2D eigenvalue weighted by atomic mass is 16.2. The number of carbonyl (C=O) groups is 3. The summed E-state index contributed by atoms with van der Waals surface area (Å²) in [5.41, 5.74) is 6.02. The number of nitrogens with one attached hydrogen (secondary N) is 1. The van der Waals surface area contributed by atoms with Crippen molar-refractivity contribution in [2.45, 2.75) is 38.1 Å². The van der Waals surface area contributed by atoms with Gasteiger partial charge in [-0.3, -0.25) is 14.4 Å². The lowest BCUT2D eigenvalue weighted by atomic mass is 10.1. The second-order valence-electron chi connectivity index (χ2n) is 5.79. The van der Waals surface area contributed by atoms with Crippen molar-refractivity contribution in [3.8, 4) is 0 Å². The van der Waals surface area contributed by atoms with E-state index in [0.717, 1.165) is 25.7 Å². The van der Waals surface area contributed by atoms with Crippen LogP contribution < -0.4 is 11.1 Å². The van der Waals surface area contributed by atoms with E-state index in [9.17, 15) is 14.4 Å². The summed E-state index contributed by atoms with van der Waals surface area (Å²) in [5.74, 6) is -0.995. The Balaban J connectivity index is 1.98. The maximum absolute atomic E-state index is 12.2. The molecule has 1 aromatic carbocycles. The summed E-state index contributed by atoms with van der Waals surface area (Å²) >= 11 is 0. The van der Waals surface area contributed by atoms with Gasteiger partial charge in [-0.1, -0.05) is 43.2 Å². The molecule has 3 amide bonds. The Morgan fingerprint density at radius 1 is 1.13 bits per heavy atom. The van der Waals surface area contributed by atoms with Gasteiger partial charge in [0.2, 0.25) is 17.7 Å². The topological polar surface area (TPSA) is 92.5 Å². The van der Waals surface area contributed by atoms with Gasteiger partial charge in [0.1, 0.15) is 6.04 Å². The third-order valence-corrected chi connectivity index (χ3v) is 3.98. The molecule has 0 aliphatic carbocycles. The van der Waals surface area contributed by atoms with E-state index in [1.165, 1.54) is 0 Å². The molecule has 1 atom stereocenters. The van der Waals surface area contributed by atoms with E-state index < -0.39 is 11.9 Å². The van der Waals surface area contributed by atoms with Crippen molar-refractivity contribution in [3.05, 3.63) is 35.9 Å². The minimum absolute atomic E-state index is 0.00446. The first-order valence-electron chi connectivity index (χ1n) is 7.99. The SMILES string of the molecule is NC(=O)[C@@H](NC(=O)CN1CCCCCCC1=O)c1ccccc1. The van der Waals surface area contributed by atoms with Crippen LogP contribution in [0.3, 0.4) is 0 Å². The monoisotopic (exact) mass is 317 g/mol. The Hall–Kier alpha value is -2.37. The molecule has 3 N–H and O–H groups in total. The van der Waals surface area contributed by atoms with Crippen LogP contribution in [0.4, 0.5) is 0 Å². The molecule has 124 valence electrons. The van der Waals surface area contributed by atoms with Crippen molar-refractivity contribution >= 4 is 17.7 Å². The molecule has 0 aromatic heterocycles. The first-order chi connectivity index (χ1) is 11.1. The summed E-state index contributed by atoms with van der Waals surface area (Å²) in [4.78, 5) is 37.5. The molecule has 1 fully saturated rings. The van der Waals surface area contributed by atoms with Crippen LogP contribution >= 0.6 is 0 Å². The fraction of sp³-hybridized carbons (Fsp3) is 0.471. The normalized spacial score (nSPS) is 17.0. The molecule has 1 aliphatic rings. The lowest BCUT2D eigenvalue weighted by Gasteiger charge is -2.25. The summed E-state index contributed by atoms with van der Waals surface area (Å²) in [6.07, 6.45) is 4.37. The molecule has 0 unspecified atom stereocenters. The van der Waals surface area contributed by atoms with Crippen LogP contribution in [0.1, 0.15) is 43.7 Å². The lowest BCUT2D eigenvalue weighted by molar-refractivity contribution is -0.137. The van der Waals surface area contributed by atoms with Crippen molar-refractivity contribution in [1.82, 2.24) is 10.2 Å². The second-order valence-corrected chi connectivity index (χ2v) is 5.79. The molecule has 0 spiro atoms. The van der Waals surface area contributed by atoms with E-state index in [2.05, 4.69) is 5.32 Å². The average Bonchev–Trinajstić information content (AvgIpc) is 2.53. The van der Waals surface area contributed by atoms with Gasteiger partial charge in [0.15, 0.2) is 0 Å². The average molecular weight is 317 g/mol. The zero-order chi connectivity index (χ0) is 16.7. The fourth-order valence-electron chi connectivity index (χ4n) is 2.73. The predicted molar refractivity (Wildman–Crippen MR) is 86.2 cm³/mol. The highest BCUT2D eigenvalue weighted by molar-refractivity contribution is 5.90. The number of hydrogen-bond donors (Lipinski definition) is 2. The molecule has 0 saturated carbocycles. The van der Waals surface area contributed by atoms with Crippen LogP contribution in [0.2, 0.25) is 0 Å². The molecular weight excluding hydrogens is 294 g/mol. The lowest BCUT2D eigenvalue weighted by Crippen LogP contribution is -2.45. The summed E-state index contributed by atoms with van der Waals surface area (Å²) in [6.45, 7) is 0.550.